The van der Waals surface area contributed by atoms with E-state index in [2.05, 4.69) is 10.0 Å². The summed E-state index contributed by atoms with van der Waals surface area (Å²) in [5.74, 6) is -1.20. The number of amides is 1. The predicted molar refractivity (Wildman–Crippen MR) is 122 cm³/mol. The van der Waals surface area contributed by atoms with Gasteiger partial charge < -0.3 is 15.5 Å². The van der Waals surface area contributed by atoms with E-state index in [1.807, 2.05) is 0 Å². The Bertz CT molecular complexity index is 1260. The SMILES string of the molecule is O=C(Nc1ccc(O)c(NS(=O)(=O)CCCO)c1)c1ccc(-c2ccc(C(F)(F)F)cc2)cc1. The molecule has 4 N–H and O–H groups in total. The molecule has 0 radical (unpaired) electrons. The number of anilines is 2. The lowest BCUT2D eigenvalue weighted by molar-refractivity contribution is -0.137. The molecule has 0 bridgehead atoms. The molecule has 0 fully saturated rings. The number of benzene rings is 3. The number of hydrogen-bond acceptors (Lipinski definition) is 5. The van der Waals surface area contributed by atoms with Gasteiger partial charge in [-0.25, -0.2) is 8.42 Å². The number of nitrogens with one attached hydrogen (secondary N) is 2. The summed E-state index contributed by atoms with van der Waals surface area (Å²) >= 11 is 0. The zero-order valence-electron chi connectivity index (χ0n) is 17.6. The van der Waals surface area contributed by atoms with E-state index in [1.54, 1.807) is 12.1 Å². The summed E-state index contributed by atoms with van der Waals surface area (Å²) in [6.07, 6.45) is -4.40. The first-order chi connectivity index (χ1) is 16.0. The third-order valence-corrected chi connectivity index (χ3v) is 6.14. The predicted octanol–water partition coefficient (Wildman–Crippen LogP) is 4.45. The van der Waals surface area contributed by atoms with E-state index in [0.29, 0.717) is 11.1 Å². The smallest absolute Gasteiger partial charge is 0.416 e. The normalized spacial score (nSPS) is 11.8. The van der Waals surface area contributed by atoms with Crippen LogP contribution in [0, 0.1) is 0 Å². The number of hydrogen-bond donors (Lipinski definition) is 4. The van der Waals surface area contributed by atoms with Gasteiger partial charge in [0.15, 0.2) is 0 Å². The first kappa shape index (κ1) is 25.1. The Labute approximate surface area is 193 Å². The third kappa shape index (κ3) is 6.49. The van der Waals surface area contributed by atoms with Crippen molar-refractivity contribution in [3.05, 3.63) is 77.9 Å². The summed E-state index contributed by atoms with van der Waals surface area (Å²) in [6, 6.07) is 14.7. The molecule has 3 rings (SSSR count). The maximum atomic E-state index is 12.7. The van der Waals surface area contributed by atoms with Crippen LogP contribution in [0.15, 0.2) is 66.7 Å². The van der Waals surface area contributed by atoms with E-state index < -0.39 is 27.7 Å². The van der Waals surface area contributed by atoms with Crippen molar-refractivity contribution in [3.8, 4) is 16.9 Å². The van der Waals surface area contributed by atoms with Crippen molar-refractivity contribution in [1.82, 2.24) is 0 Å². The van der Waals surface area contributed by atoms with Crippen molar-refractivity contribution in [1.29, 1.82) is 0 Å². The molecule has 3 aromatic rings. The Morgan fingerprint density at radius 2 is 1.50 bits per heavy atom. The Morgan fingerprint density at radius 1 is 0.912 bits per heavy atom. The molecule has 0 unspecified atom stereocenters. The average molecular weight is 494 g/mol. The molecule has 0 heterocycles. The van der Waals surface area contributed by atoms with Crippen molar-refractivity contribution in [3.63, 3.8) is 0 Å². The van der Waals surface area contributed by atoms with Gasteiger partial charge in [0.1, 0.15) is 5.75 Å². The quantitative estimate of drug-likeness (QED) is 0.273. The van der Waals surface area contributed by atoms with Gasteiger partial charge in [-0.1, -0.05) is 24.3 Å². The summed E-state index contributed by atoms with van der Waals surface area (Å²) in [4.78, 5) is 12.6. The van der Waals surface area contributed by atoms with E-state index in [9.17, 15) is 31.5 Å². The van der Waals surface area contributed by atoms with Crippen LogP contribution in [-0.4, -0.2) is 36.9 Å². The molecule has 3 aromatic carbocycles. The molecule has 7 nitrogen and oxygen atoms in total. The van der Waals surface area contributed by atoms with Crippen molar-refractivity contribution in [2.24, 2.45) is 0 Å². The molecule has 1 amide bonds. The van der Waals surface area contributed by atoms with Gasteiger partial charge in [0, 0.05) is 17.9 Å². The number of halogens is 3. The third-order valence-electron chi connectivity index (χ3n) is 4.78. The zero-order chi connectivity index (χ0) is 24.9. The van der Waals surface area contributed by atoms with Crippen LogP contribution in [0.3, 0.4) is 0 Å². The van der Waals surface area contributed by atoms with Gasteiger partial charge in [-0.3, -0.25) is 9.52 Å². The van der Waals surface area contributed by atoms with Gasteiger partial charge in [0.25, 0.3) is 5.91 Å². The second kappa shape index (κ2) is 10.1. The lowest BCUT2D eigenvalue weighted by Crippen LogP contribution is -2.18. The van der Waals surface area contributed by atoms with E-state index in [4.69, 9.17) is 5.11 Å². The molecule has 0 aliphatic heterocycles. The monoisotopic (exact) mass is 494 g/mol. The van der Waals surface area contributed by atoms with Gasteiger partial charge in [-0.2, -0.15) is 13.2 Å². The van der Waals surface area contributed by atoms with Crippen molar-refractivity contribution in [2.45, 2.75) is 12.6 Å². The highest BCUT2D eigenvalue weighted by atomic mass is 32.2. The zero-order valence-corrected chi connectivity index (χ0v) is 18.4. The summed E-state index contributed by atoms with van der Waals surface area (Å²) < 4.78 is 64.4. The minimum atomic E-state index is -4.42. The molecular formula is C23H21F3N2O5S. The van der Waals surface area contributed by atoms with E-state index in [0.717, 1.165) is 12.1 Å². The Morgan fingerprint density at radius 3 is 2.06 bits per heavy atom. The Kier molecular flexibility index (Phi) is 7.48. The van der Waals surface area contributed by atoms with Crippen LogP contribution in [0.4, 0.5) is 24.5 Å². The van der Waals surface area contributed by atoms with Crippen LogP contribution in [0.5, 0.6) is 5.75 Å². The van der Waals surface area contributed by atoms with Crippen LogP contribution < -0.4 is 10.0 Å². The molecule has 180 valence electrons. The number of rotatable bonds is 8. The maximum Gasteiger partial charge on any atom is 0.416 e. The maximum absolute atomic E-state index is 12.7. The largest absolute Gasteiger partial charge is 0.506 e. The fraction of sp³-hybridized carbons (Fsp3) is 0.174. The highest BCUT2D eigenvalue weighted by Gasteiger charge is 2.30. The molecule has 11 heteroatoms. The number of phenols is 1. The van der Waals surface area contributed by atoms with Gasteiger partial charge in [-0.05, 0) is 60.0 Å². The van der Waals surface area contributed by atoms with Crippen LogP contribution in [0.2, 0.25) is 0 Å². The standard InChI is InChI=1S/C23H21F3N2O5S/c24-23(25,26)18-8-6-16(7-9-18)15-2-4-17(5-3-15)22(31)27-19-10-11-21(30)20(14-19)28-34(32,33)13-1-12-29/h2-11,14,28-30H,1,12-13H2,(H,27,31). The number of aliphatic hydroxyl groups is 1. The summed E-state index contributed by atoms with van der Waals surface area (Å²) in [5.41, 5.74) is 0.763. The molecular weight excluding hydrogens is 473 g/mol. The summed E-state index contributed by atoms with van der Waals surface area (Å²) in [6.45, 7) is -0.305. The molecule has 0 aliphatic rings. The van der Waals surface area contributed by atoms with Crippen LogP contribution in [-0.2, 0) is 16.2 Å². The van der Waals surface area contributed by atoms with Crippen LogP contribution in [0.1, 0.15) is 22.3 Å². The number of phenolic OH excluding ortho intramolecular Hbond substituents is 1. The van der Waals surface area contributed by atoms with Crippen molar-refractivity contribution < 1.29 is 36.6 Å². The van der Waals surface area contributed by atoms with Crippen molar-refractivity contribution >= 4 is 27.3 Å². The van der Waals surface area contributed by atoms with Gasteiger partial charge in [0.05, 0.1) is 17.0 Å². The van der Waals surface area contributed by atoms with E-state index in [-0.39, 0.29) is 41.5 Å². The average Bonchev–Trinajstić information content (AvgIpc) is 2.79. The van der Waals surface area contributed by atoms with E-state index >= 15 is 0 Å². The summed E-state index contributed by atoms with van der Waals surface area (Å²) in [7, 11) is -3.80. The highest BCUT2D eigenvalue weighted by molar-refractivity contribution is 7.92. The number of sulfonamides is 1. The molecule has 0 aliphatic carbocycles. The minimum absolute atomic E-state index is 0.0228. The van der Waals surface area contributed by atoms with Crippen molar-refractivity contribution in [2.75, 3.05) is 22.4 Å². The number of aliphatic hydroxyl groups excluding tert-OH is 1. The first-order valence-electron chi connectivity index (χ1n) is 10.0. The lowest BCUT2D eigenvalue weighted by atomic mass is 10.0. The van der Waals surface area contributed by atoms with Crippen LogP contribution >= 0.6 is 0 Å². The Balaban J connectivity index is 1.71. The number of carbonyl (C=O) groups is 1. The molecule has 0 saturated heterocycles. The summed E-state index contributed by atoms with van der Waals surface area (Å²) in [5, 5.41) is 21.3. The lowest BCUT2D eigenvalue weighted by Gasteiger charge is -2.12. The van der Waals surface area contributed by atoms with Crippen LogP contribution in [0.25, 0.3) is 11.1 Å². The second-order valence-corrected chi connectivity index (χ2v) is 9.18. The second-order valence-electron chi connectivity index (χ2n) is 7.34. The van der Waals surface area contributed by atoms with Gasteiger partial charge in [0.2, 0.25) is 10.0 Å². The van der Waals surface area contributed by atoms with Gasteiger partial charge >= 0.3 is 6.18 Å². The fourth-order valence-corrected chi connectivity index (χ4v) is 4.15. The number of carbonyl (C=O) groups excluding carboxylic acids is 1. The molecule has 0 aromatic heterocycles. The molecule has 0 atom stereocenters. The number of aromatic hydroxyl groups is 1. The Hall–Kier alpha value is -3.57. The van der Waals surface area contributed by atoms with E-state index in [1.165, 1.54) is 42.5 Å². The molecule has 0 spiro atoms. The first-order valence-corrected chi connectivity index (χ1v) is 11.7. The topological polar surface area (TPSA) is 116 Å². The number of alkyl halides is 3. The molecule has 34 heavy (non-hydrogen) atoms. The van der Waals surface area contributed by atoms with Gasteiger partial charge in [-0.15, -0.1) is 0 Å². The highest BCUT2D eigenvalue weighted by Crippen LogP contribution is 2.31. The minimum Gasteiger partial charge on any atom is -0.506 e. The fourth-order valence-electron chi connectivity index (χ4n) is 3.04. The molecule has 0 saturated carbocycles.